The van der Waals surface area contributed by atoms with E-state index in [9.17, 15) is 9.59 Å². The van der Waals surface area contributed by atoms with Crippen LogP contribution in [0.2, 0.25) is 5.02 Å². The molecule has 0 aliphatic carbocycles. The summed E-state index contributed by atoms with van der Waals surface area (Å²) in [4.78, 5) is 26.0. The Hall–Kier alpha value is -4.56. The van der Waals surface area contributed by atoms with Crippen molar-refractivity contribution < 1.29 is 23.3 Å². The molecular weight excluding hydrogens is 470 g/mol. The van der Waals surface area contributed by atoms with Gasteiger partial charge in [-0.25, -0.2) is 0 Å². The minimum Gasteiger partial charge on any atom is -0.497 e. The molecule has 0 unspecified atom stereocenters. The molecule has 0 saturated carbocycles. The molecule has 2 N–H and O–H groups in total. The summed E-state index contributed by atoms with van der Waals surface area (Å²) in [6, 6.07) is 22.3. The number of fused-ring (bicyclic) bond motifs is 1. The van der Waals surface area contributed by atoms with Crippen molar-refractivity contribution in [1.82, 2.24) is 5.16 Å². The summed E-state index contributed by atoms with van der Waals surface area (Å²) >= 11 is 5.92. The number of halogens is 1. The molecule has 2 heterocycles. The van der Waals surface area contributed by atoms with Crippen molar-refractivity contribution in [1.29, 1.82) is 0 Å². The number of hydrogen-bond acceptors (Lipinski definition) is 6. The summed E-state index contributed by atoms with van der Waals surface area (Å²) in [5, 5.41) is 10.5. The number of anilines is 2. The maximum Gasteiger partial charge on any atom is 0.293 e. The average Bonchev–Trinajstić information content (AvgIpc) is 3.51. The molecule has 35 heavy (non-hydrogen) atoms. The summed E-state index contributed by atoms with van der Waals surface area (Å²) in [7, 11) is 1.58. The van der Waals surface area contributed by atoms with Crippen molar-refractivity contribution in [3.05, 3.63) is 95.3 Å². The van der Waals surface area contributed by atoms with E-state index >= 15 is 0 Å². The quantitative estimate of drug-likeness (QED) is 0.293. The Morgan fingerprint density at radius 3 is 2.40 bits per heavy atom. The van der Waals surface area contributed by atoms with Crippen LogP contribution in [0.15, 0.2) is 87.8 Å². The van der Waals surface area contributed by atoms with Crippen molar-refractivity contribution in [3.8, 4) is 17.1 Å². The zero-order valence-corrected chi connectivity index (χ0v) is 19.1. The average molecular weight is 488 g/mol. The molecule has 174 valence electrons. The molecule has 2 aromatic heterocycles. The van der Waals surface area contributed by atoms with Crippen molar-refractivity contribution in [2.24, 2.45) is 0 Å². The minimum absolute atomic E-state index is 0.0464. The lowest BCUT2D eigenvalue weighted by Crippen LogP contribution is -2.17. The smallest absolute Gasteiger partial charge is 0.293 e. The third-order valence-electron chi connectivity index (χ3n) is 5.26. The van der Waals surface area contributed by atoms with Gasteiger partial charge in [0, 0.05) is 27.7 Å². The Labute approximate surface area is 204 Å². The molecule has 3 aromatic carbocycles. The predicted octanol–water partition coefficient (Wildman–Crippen LogP) is 6.25. The van der Waals surface area contributed by atoms with E-state index in [1.54, 1.807) is 79.9 Å². The van der Waals surface area contributed by atoms with Gasteiger partial charge in [-0.15, -0.1) is 0 Å². The number of aromatic nitrogens is 1. The largest absolute Gasteiger partial charge is 0.497 e. The molecule has 2 amide bonds. The standard InChI is InChI=1S/C26H18ClN3O5/c1-33-18-12-6-15(7-13-18)22-14-20(30-35-22)25(31)29-23-19-4-2-3-5-21(19)34-24(23)26(32)28-17-10-8-16(27)9-11-17/h2-14H,1H3,(H,28,32)(H,29,31). The molecule has 0 atom stereocenters. The van der Waals surface area contributed by atoms with Crippen molar-refractivity contribution in [2.45, 2.75) is 0 Å². The Kier molecular flexibility index (Phi) is 5.95. The zero-order chi connectivity index (χ0) is 24.4. The third-order valence-corrected chi connectivity index (χ3v) is 5.51. The van der Waals surface area contributed by atoms with Gasteiger partial charge in [0.1, 0.15) is 17.0 Å². The van der Waals surface area contributed by atoms with Crippen molar-refractivity contribution >= 4 is 45.8 Å². The fraction of sp³-hybridized carbons (Fsp3) is 0.0385. The molecule has 0 aliphatic rings. The van der Waals surface area contributed by atoms with E-state index in [2.05, 4.69) is 15.8 Å². The van der Waals surface area contributed by atoms with Crippen LogP contribution in [0.5, 0.6) is 5.75 Å². The molecule has 5 rings (SSSR count). The van der Waals surface area contributed by atoms with E-state index in [0.29, 0.717) is 33.2 Å². The number of carbonyl (C=O) groups is 2. The molecule has 0 bridgehead atoms. The van der Waals surface area contributed by atoms with Gasteiger partial charge in [-0.3, -0.25) is 9.59 Å². The van der Waals surface area contributed by atoms with Crippen LogP contribution >= 0.6 is 11.6 Å². The van der Waals surface area contributed by atoms with Crippen LogP contribution in [0, 0.1) is 0 Å². The molecule has 0 saturated heterocycles. The van der Waals surface area contributed by atoms with Crippen LogP contribution in [0.25, 0.3) is 22.3 Å². The second kappa shape index (κ2) is 9.36. The van der Waals surface area contributed by atoms with Gasteiger partial charge in [-0.2, -0.15) is 0 Å². The lowest BCUT2D eigenvalue weighted by molar-refractivity contribution is 0.0999. The number of methoxy groups -OCH3 is 1. The second-order valence-electron chi connectivity index (χ2n) is 7.52. The number of para-hydroxylation sites is 1. The Bertz CT molecular complexity index is 1520. The third kappa shape index (κ3) is 4.60. The van der Waals surface area contributed by atoms with E-state index in [1.807, 2.05) is 0 Å². The first-order valence-corrected chi connectivity index (χ1v) is 10.9. The number of rotatable bonds is 6. The van der Waals surface area contributed by atoms with Crippen LogP contribution in [0.4, 0.5) is 11.4 Å². The van der Waals surface area contributed by atoms with E-state index in [-0.39, 0.29) is 17.1 Å². The van der Waals surface area contributed by atoms with Crippen molar-refractivity contribution in [2.75, 3.05) is 17.7 Å². The van der Waals surface area contributed by atoms with Gasteiger partial charge in [0.15, 0.2) is 11.5 Å². The van der Waals surface area contributed by atoms with Crippen molar-refractivity contribution in [3.63, 3.8) is 0 Å². The molecule has 0 aliphatic heterocycles. The Balaban J connectivity index is 1.42. The van der Waals surface area contributed by atoms with E-state index in [4.69, 9.17) is 25.3 Å². The second-order valence-corrected chi connectivity index (χ2v) is 7.96. The number of furan rings is 1. The summed E-state index contributed by atoms with van der Waals surface area (Å²) in [6.07, 6.45) is 0. The number of hydrogen-bond donors (Lipinski definition) is 2. The fourth-order valence-corrected chi connectivity index (χ4v) is 3.63. The topological polar surface area (TPSA) is 107 Å². The van der Waals surface area contributed by atoms with Crippen LogP contribution in [-0.4, -0.2) is 24.1 Å². The van der Waals surface area contributed by atoms with Gasteiger partial charge in [0.25, 0.3) is 11.8 Å². The predicted molar refractivity (Wildman–Crippen MR) is 132 cm³/mol. The minimum atomic E-state index is -0.555. The number of carbonyl (C=O) groups excluding carboxylic acids is 2. The van der Waals surface area contributed by atoms with E-state index in [0.717, 1.165) is 5.56 Å². The van der Waals surface area contributed by atoms with Gasteiger partial charge in [-0.1, -0.05) is 28.9 Å². The first kappa shape index (κ1) is 22.2. The monoisotopic (exact) mass is 487 g/mol. The maximum atomic E-state index is 13.0. The Morgan fingerprint density at radius 1 is 0.914 bits per heavy atom. The molecule has 0 spiro atoms. The Morgan fingerprint density at radius 2 is 1.66 bits per heavy atom. The number of amides is 2. The van der Waals surface area contributed by atoms with Gasteiger partial charge in [-0.05, 0) is 60.7 Å². The molecule has 9 heteroatoms. The highest BCUT2D eigenvalue weighted by Gasteiger charge is 2.24. The highest BCUT2D eigenvalue weighted by molar-refractivity contribution is 6.30. The van der Waals surface area contributed by atoms with Crippen LogP contribution < -0.4 is 15.4 Å². The number of benzene rings is 3. The van der Waals surface area contributed by atoms with Crippen LogP contribution in [-0.2, 0) is 0 Å². The summed E-state index contributed by atoms with van der Waals surface area (Å²) in [6.45, 7) is 0. The van der Waals surface area contributed by atoms with E-state index < -0.39 is 11.8 Å². The number of nitrogens with one attached hydrogen (secondary N) is 2. The first-order valence-electron chi connectivity index (χ1n) is 10.5. The lowest BCUT2D eigenvalue weighted by atomic mass is 10.1. The number of ether oxygens (including phenoxy) is 1. The maximum absolute atomic E-state index is 13.0. The van der Waals surface area contributed by atoms with Gasteiger partial charge in [0.2, 0.25) is 5.76 Å². The molecule has 0 radical (unpaired) electrons. The summed E-state index contributed by atoms with van der Waals surface area (Å²) in [5.41, 5.74) is 1.98. The highest BCUT2D eigenvalue weighted by atomic mass is 35.5. The van der Waals surface area contributed by atoms with Crippen LogP contribution in [0.1, 0.15) is 21.0 Å². The van der Waals surface area contributed by atoms with Gasteiger partial charge >= 0.3 is 0 Å². The van der Waals surface area contributed by atoms with Crippen LogP contribution in [0.3, 0.4) is 0 Å². The fourth-order valence-electron chi connectivity index (χ4n) is 3.50. The summed E-state index contributed by atoms with van der Waals surface area (Å²) < 4.78 is 16.3. The highest BCUT2D eigenvalue weighted by Crippen LogP contribution is 2.32. The van der Waals surface area contributed by atoms with E-state index in [1.165, 1.54) is 6.07 Å². The summed E-state index contributed by atoms with van der Waals surface area (Å²) in [5.74, 6) is -0.0232. The lowest BCUT2D eigenvalue weighted by Gasteiger charge is -2.06. The van der Waals surface area contributed by atoms with Gasteiger partial charge < -0.3 is 24.3 Å². The van der Waals surface area contributed by atoms with Gasteiger partial charge in [0.05, 0.1) is 7.11 Å². The normalized spacial score (nSPS) is 10.8. The molecule has 0 fully saturated rings. The SMILES string of the molecule is COc1ccc(-c2cc(C(=O)Nc3c(C(=O)Nc4ccc(Cl)cc4)oc4ccccc34)no2)cc1. The molecule has 5 aromatic rings. The number of nitrogens with zero attached hydrogens (tertiary/aromatic N) is 1. The first-order chi connectivity index (χ1) is 17.0. The molecule has 8 nitrogen and oxygen atoms in total. The molecular formula is C26H18ClN3O5. The zero-order valence-electron chi connectivity index (χ0n) is 18.4.